The third-order valence-corrected chi connectivity index (χ3v) is 5.54. The number of hydrogen-bond donors (Lipinski definition) is 1. The Kier molecular flexibility index (Phi) is 3.37. The maximum atomic E-state index is 12.8. The van der Waals surface area contributed by atoms with Crippen molar-refractivity contribution >= 4 is 11.6 Å². The topological polar surface area (TPSA) is 68.5 Å². The number of amides is 1. The molecule has 6 nitrogen and oxygen atoms in total. The van der Waals surface area contributed by atoms with Crippen molar-refractivity contribution < 1.29 is 9.53 Å². The van der Waals surface area contributed by atoms with E-state index in [1.54, 1.807) is 10.7 Å². The fourth-order valence-corrected chi connectivity index (χ4v) is 4.13. The number of fused-ring (bicyclic) bond motifs is 1. The molecule has 2 atom stereocenters. The van der Waals surface area contributed by atoms with Crippen molar-refractivity contribution in [3.63, 3.8) is 0 Å². The van der Waals surface area contributed by atoms with Crippen molar-refractivity contribution in [3.8, 4) is 0 Å². The molecule has 0 radical (unpaired) electrons. The molecule has 2 saturated carbocycles. The van der Waals surface area contributed by atoms with E-state index in [2.05, 4.69) is 15.4 Å². The van der Waals surface area contributed by atoms with Crippen molar-refractivity contribution in [2.45, 2.75) is 51.7 Å². The lowest BCUT2D eigenvalue weighted by molar-refractivity contribution is -0.169. The summed E-state index contributed by atoms with van der Waals surface area (Å²) in [5, 5.41) is 7.59. The van der Waals surface area contributed by atoms with Crippen LogP contribution < -0.4 is 5.32 Å². The average Bonchev–Trinajstić information content (AvgIpc) is 2.80. The Hall–Kier alpha value is -1.95. The van der Waals surface area contributed by atoms with Crippen LogP contribution in [-0.4, -0.2) is 39.3 Å². The lowest BCUT2D eigenvalue weighted by Crippen LogP contribution is -2.67. The highest BCUT2D eigenvalue weighted by atomic mass is 16.5. The molecule has 1 N–H and O–H groups in total. The quantitative estimate of drug-likeness (QED) is 0.938. The van der Waals surface area contributed by atoms with Gasteiger partial charge in [-0.25, -0.2) is 9.50 Å². The molecule has 2 aromatic heterocycles. The van der Waals surface area contributed by atoms with Crippen molar-refractivity contribution in [1.29, 1.82) is 0 Å². The SMILES string of the molecule is CCO[C@@H]1C[C@@H](NC(=O)c2c(C)nn3cccnc23)C12CCC2. The molecule has 2 fully saturated rings. The summed E-state index contributed by atoms with van der Waals surface area (Å²) in [5.74, 6) is -0.0672. The van der Waals surface area contributed by atoms with Gasteiger partial charge >= 0.3 is 0 Å². The lowest BCUT2D eigenvalue weighted by atomic mass is 9.51. The standard InChI is InChI=1S/C17H22N4O2/c1-3-23-13-10-12(17(13)6-4-7-17)19-16(22)14-11(2)20-21-9-5-8-18-15(14)21/h5,8-9,12-13H,3-4,6-7,10H2,1-2H3,(H,19,22)/t12-,13-/m1/s1. The number of aryl methyl sites for hydroxylation is 1. The summed E-state index contributed by atoms with van der Waals surface area (Å²) < 4.78 is 7.51. The van der Waals surface area contributed by atoms with Gasteiger partial charge in [0.25, 0.3) is 5.91 Å². The lowest BCUT2D eigenvalue weighted by Gasteiger charge is -2.60. The zero-order chi connectivity index (χ0) is 16.0. The zero-order valence-electron chi connectivity index (χ0n) is 13.6. The maximum Gasteiger partial charge on any atom is 0.257 e. The van der Waals surface area contributed by atoms with E-state index in [-0.39, 0.29) is 17.4 Å². The van der Waals surface area contributed by atoms with Crippen LogP contribution >= 0.6 is 0 Å². The third-order valence-electron chi connectivity index (χ3n) is 5.54. The minimum atomic E-state index is -0.0672. The molecule has 6 heteroatoms. The molecule has 0 aliphatic heterocycles. The summed E-state index contributed by atoms with van der Waals surface area (Å²) in [7, 11) is 0. The Morgan fingerprint density at radius 1 is 1.52 bits per heavy atom. The van der Waals surface area contributed by atoms with Gasteiger partial charge in [0.15, 0.2) is 5.65 Å². The minimum absolute atomic E-state index is 0.0672. The van der Waals surface area contributed by atoms with Crippen LogP contribution in [0.15, 0.2) is 18.5 Å². The van der Waals surface area contributed by atoms with Crippen LogP contribution in [0.4, 0.5) is 0 Å². The van der Waals surface area contributed by atoms with Crippen molar-refractivity contribution in [2.75, 3.05) is 6.61 Å². The van der Waals surface area contributed by atoms with E-state index in [0.717, 1.165) is 25.9 Å². The predicted octanol–water partition coefficient (Wildman–Crippen LogP) is 2.12. The molecule has 1 amide bonds. The summed E-state index contributed by atoms with van der Waals surface area (Å²) in [6.07, 6.45) is 8.24. The number of hydrogen-bond acceptors (Lipinski definition) is 4. The minimum Gasteiger partial charge on any atom is -0.378 e. The monoisotopic (exact) mass is 314 g/mol. The first-order chi connectivity index (χ1) is 11.2. The number of nitrogens with zero attached hydrogens (tertiary/aromatic N) is 3. The highest BCUT2D eigenvalue weighted by molar-refractivity contribution is 6.01. The van der Waals surface area contributed by atoms with Gasteiger partial charge in [0.05, 0.1) is 11.8 Å². The first-order valence-electron chi connectivity index (χ1n) is 8.38. The van der Waals surface area contributed by atoms with Gasteiger partial charge in [0.2, 0.25) is 0 Å². The first kappa shape index (κ1) is 14.6. The largest absolute Gasteiger partial charge is 0.378 e. The Bertz CT molecular complexity index is 750. The third kappa shape index (κ3) is 2.08. The molecule has 0 unspecified atom stereocenters. The van der Waals surface area contributed by atoms with E-state index in [9.17, 15) is 4.79 Å². The smallest absolute Gasteiger partial charge is 0.257 e. The summed E-state index contributed by atoms with van der Waals surface area (Å²) in [5.41, 5.74) is 2.07. The van der Waals surface area contributed by atoms with Gasteiger partial charge in [-0.05, 0) is 39.2 Å². The van der Waals surface area contributed by atoms with E-state index in [4.69, 9.17) is 4.74 Å². The second kappa shape index (κ2) is 5.30. The Morgan fingerprint density at radius 3 is 3.04 bits per heavy atom. The maximum absolute atomic E-state index is 12.8. The second-order valence-electron chi connectivity index (χ2n) is 6.64. The first-order valence-corrected chi connectivity index (χ1v) is 8.38. The average molecular weight is 314 g/mol. The van der Waals surface area contributed by atoms with Gasteiger partial charge < -0.3 is 10.1 Å². The van der Waals surface area contributed by atoms with Crippen LogP contribution in [0.1, 0.15) is 48.7 Å². The van der Waals surface area contributed by atoms with Gasteiger partial charge in [-0.3, -0.25) is 4.79 Å². The Labute approximate surface area is 135 Å². The molecule has 4 rings (SSSR count). The predicted molar refractivity (Wildman–Crippen MR) is 85.3 cm³/mol. The summed E-state index contributed by atoms with van der Waals surface area (Å²) in [6.45, 7) is 4.63. The van der Waals surface area contributed by atoms with Gasteiger partial charge in [-0.2, -0.15) is 5.10 Å². The van der Waals surface area contributed by atoms with Gasteiger partial charge in [-0.15, -0.1) is 0 Å². The second-order valence-corrected chi connectivity index (χ2v) is 6.64. The molecule has 2 aliphatic carbocycles. The van der Waals surface area contributed by atoms with Crippen molar-refractivity contribution in [1.82, 2.24) is 19.9 Å². The summed E-state index contributed by atoms with van der Waals surface area (Å²) >= 11 is 0. The molecule has 2 aromatic rings. The van der Waals surface area contributed by atoms with Crippen LogP contribution in [-0.2, 0) is 4.74 Å². The van der Waals surface area contributed by atoms with Crippen LogP contribution in [0.2, 0.25) is 0 Å². The van der Waals surface area contributed by atoms with Crippen LogP contribution in [0, 0.1) is 12.3 Å². The van der Waals surface area contributed by atoms with Gasteiger partial charge in [0, 0.05) is 30.5 Å². The summed E-state index contributed by atoms with van der Waals surface area (Å²) in [6, 6.07) is 2.02. The fraction of sp³-hybridized carbons (Fsp3) is 0.588. The number of carbonyl (C=O) groups is 1. The fourth-order valence-electron chi connectivity index (χ4n) is 4.13. The number of nitrogens with one attached hydrogen (secondary N) is 1. The molecular formula is C17H22N4O2. The molecule has 122 valence electrons. The number of ether oxygens (including phenoxy) is 1. The Morgan fingerprint density at radius 2 is 2.35 bits per heavy atom. The van der Waals surface area contributed by atoms with Crippen LogP contribution in [0.3, 0.4) is 0 Å². The van der Waals surface area contributed by atoms with Crippen molar-refractivity contribution in [2.24, 2.45) is 5.41 Å². The molecule has 0 bridgehead atoms. The molecule has 0 saturated heterocycles. The van der Waals surface area contributed by atoms with E-state index >= 15 is 0 Å². The van der Waals surface area contributed by atoms with Crippen molar-refractivity contribution in [3.05, 3.63) is 29.7 Å². The summed E-state index contributed by atoms with van der Waals surface area (Å²) in [4.78, 5) is 17.1. The molecule has 0 aromatic carbocycles. The van der Waals surface area contributed by atoms with E-state index in [1.165, 1.54) is 6.42 Å². The highest BCUT2D eigenvalue weighted by Crippen LogP contribution is 2.57. The normalized spacial score (nSPS) is 25.1. The molecular weight excluding hydrogens is 292 g/mol. The molecule has 1 spiro atoms. The zero-order valence-corrected chi connectivity index (χ0v) is 13.6. The molecule has 2 aliphatic rings. The van der Waals surface area contributed by atoms with E-state index < -0.39 is 0 Å². The number of rotatable bonds is 4. The van der Waals surface area contributed by atoms with Crippen LogP contribution in [0.25, 0.3) is 5.65 Å². The van der Waals surface area contributed by atoms with Crippen LogP contribution in [0.5, 0.6) is 0 Å². The molecule has 2 heterocycles. The van der Waals surface area contributed by atoms with E-state index in [1.807, 2.05) is 26.1 Å². The molecule has 23 heavy (non-hydrogen) atoms. The highest BCUT2D eigenvalue weighted by Gasteiger charge is 2.59. The van der Waals surface area contributed by atoms with Gasteiger partial charge in [0.1, 0.15) is 5.56 Å². The number of aromatic nitrogens is 3. The number of carbonyl (C=O) groups excluding carboxylic acids is 1. The van der Waals surface area contributed by atoms with Gasteiger partial charge in [-0.1, -0.05) is 6.42 Å². The van der Waals surface area contributed by atoms with E-state index in [0.29, 0.717) is 23.0 Å². The Balaban J connectivity index is 1.55.